The molecule has 0 amide bonds. The van der Waals surface area contributed by atoms with Gasteiger partial charge in [0.15, 0.2) is 0 Å². The first-order valence-electron chi connectivity index (χ1n) is 6.64. The molecule has 0 saturated carbocycles. The minimum Gasteiger partial charge on any atom is -1.00 e. The van der Waals surface area contributed by atoms with Crippen molar-refractivity contribution in [2.75, 3.05) is 0 Å². The fourth-order valence-electron chi connectivity index (χ4n) is 2.24. The number of aromatic nitrogens is 2. The van der Waals surface area contributed by atoms with Crippen LogP contribution in [0.25, 0.3) is 11.4 Å². The van der Waals surface area contributed by atoms with Crippen LogP contribution in [0.15, 0.2) is 67.3 Å². The summed E-state index contributed by atoms with van der Waals surface area (Å²) < 4.78 is 3.35. The van der Waals surface area contributed by atoms with Gasteiger partial charge in [-0.25, -0.2) is 4.57 Å². The average molecular weight is 347 g/mol. The monoisotopic (exact) mass is 346 g/mol. The fourth-order valence-corrected chi connectivity index (χ4v) is 2.24. The molecule has 0 fully saturated rings. The first-order valence-corrected chi connectivity index (χ1v) is 6.64. The summed E-state index contributed by atoms with van der Waals surface area (Å²) in [5.41, 5.74) is 0.518. The Bertz CT molecular complexity index is 895. The second-order valence-electron chi connectivity index (χ2n) is 4.75. The Hall–Kier alpha value is -3.26. The smallest absolute Gasteiger partial charge is 0.322 e. The van der Waals surface area contributed by atoms with Gasteiger partial charge in [-0.3, -0.25) is 20.2 Å². The minimum absolute atomic E-state index is 0. The van der Waals surface area contributed by atoms with Crippen LogP contribution in [0.4, 0.5) is 11.4 Å². The molecular weight excluding hydrogens is 336 g/mol. The van der Waals surface area contributed by atoms with Crippen LogP contribution in [0.1, 0.15) is 0 Å². The van der Waals surface area contributed by atoms with E-state index in [9.17, 15) is 20.2 Å². The Morgan fingerprint density at radius 3 is 2.29 bits per heavy atom. The molecule has 24 heavy (non-hydrogen) atoms. The quantitative estimate of drug-likeness (QED) is 0.364. The average Bonchev–Trinajstić information content (AvgIpc) is 3.04. The molecule has 122 valence electrons. The summed E-state index contributed by atoms with van der Waals surface area (Å²) in [4.78, 5) is 20.7. The molecule has 3 rings (SSSR count). The molecule has 2 aromatic carbocycles. The van der Waals surface area contributed by atoms with Crippen LogP contribution < -0.4 is 17.0 Å². The van der Waals surface area contributed by atoms with Crippen LogP contribution in [0.5, 0.6) is 0 Å². The van der Waals surface area contributed by atoms with E-state index in [-0.39, 0.29) is 29.5 Å². The Kier molecular flexibility index (Phi) is 4.90. The summed E-state index contributed by atoms with van der Waals surface area (Å²) in [7, 11) is 0. The maximum Gasteiger partial charge on any atom is 0.322 e. The lowest BCUT2D eigenvalue weighted by atomic mass is 10.2. The SMILES string of the molecule is O=[N+]([O-])c1ccc(-[n+]2ccn(-c3ccccc3)c2)c([N+](=O)[O-])c1.[Cl-]. The van der Waals surface area contributed by atoms with Gasteiger partial charge in [-0.15, -0.1) is 0 Å². The maximum absolute atomic E-state index is 11.2. The number of nitrogens with zero attached hydrogens (tertiary/aromatic N) is 4. The maximum atomic E-state index is 11.2. The van der Waals surface area contributed by atoms with E-state index in [4.69, 9.17) is 0 Å². The van der Waals surface area contributed by atoms with Gasteiger partial charge in [0.2, 0.25) is 5.69 Å². The second-order valence-corrected chi connectivity index (χ2v) is 4.75. The van der Waals surface area contributed by atoms with E-state index in [1.165, 1.54) is 12.1 Å². The summed E-state index contributed by atoms with van der Waals surface area (Å²) in [6, 6.07) is 13.0. The van der Waals surface area contributed by atoms with Gasteiger partial charge >= 0.3 is 5.69 Å². The zero-order valence-corrected chi connectivity index (χ0v) is 12.9. The summed E-state index contributed by atoms with van der Waals surface area (Å²) in [6.45, 7) is 0. The molecule has 1 aromatic heterocycles. The van der Waals surface area contributed by atoms with Crippen LogP contribution in [0.2, 0.25) is 0 Å². The summed E-state index contributed by atoms with van der Waals surface area (Å²) in [5.74, 6) is 0. The van der Waals surface area contributed by atoms with Crippen LogP contribution in [-0.2, 0) is 0 Å². The lowest BCUT2D eigenvalue weighted by molar-refractivity contribution is -0.600. The Morgan fingerprint density at radius 1 is 0.958 bits per heavy atom. The standard InChI is InChI=1S/C15H11N4O4.ClH/c20-18(21)13-6-7-14(15(10-13)19(22)23)17-9-8-16(11-17)12-4-2-1-3-5-12;/h1-11H;1H/q+1;/p-1. The molecule has 0 aliphatic carbocycles. The van der Waals surface area contributed by atoms with E-state index >= 15 is 0 Å². The molecule has 3 aromatic rings. The van der Waals surface area contributed by atoms with Crippen molar-refractivity contribution < 1.29 is 26.8 Å². The van der Waals surface area contributed by atoms with Crippen molar-refractivity contribution in [1.82, 2.24) is 4.57 Å². The van der Waals surface area contributed by atoms with E-state index in [1.807, 2.05) is 30.3 Å². The van der Waals surface area contributed by atoms with E-state index < -0.39 is 9.85 Å². The molecule has 0 radical (unpaired) electrons. The van der Waals surface area contributed by atoms with Gasteiger partial charge in [-0.2, -0.15) is 4.57 Å². The normalized spacial score (nSPS) is 10.0. The molecule has 0 aliphatic heterocycles. The van der Waals surface area contributed by atoms with Gasteiger partial charge in [-0.1, -0.05) is 18.2 Å². The van der Waals surface area contributed by atoms with Crippen LogP contribution >= 0.6 is 0 Å². The van der Waals surface area contributed by atoms with Gasteiger partial charge in [-0.05, 0) is 18.2 Å². The molecule has 0 aliphatic rings. The summed E-state index contributed by atoms with van der Waals surface area (Å²) in [5, 5.41) is 22.0. The Balaban J connectivity index is 0.00000208. The number of hydrogen-bond donors (Lipinski definition) is 0. The predicted octanol–water partition coefficient (Wildman–Crippen LogP) is -0.426. The third-order valence-electron chi connectivity index (χ3n) is 3.34. The molecule has 0 unspecified atom stereocenters. The molecule has 8 nitrogen and oxygen atoms in total. The van der Waals surface area contributed by atoms with E-state index in [0.717, 1.165) is 11.8 Å². The van der Waals surface area contributed by atoms with Crippen molar-refractivity contribution in [3.63, 3.8) is 0 Å². The first kappa shape index (κ1) is 17.1. The van der Waals surface area contributed by atoms with Crippen molar-refractivity contribution in [2.24, 2.45) is 0 Å². The highest BCUT2D eigenvalue weighted by molar-refractivity contribution is 5.53. The van der Waals surface area contributed by atoms with Crippen molar-refractivity contribution >= 4 is 11.4 Å². The minimum atomic E-state index is -0.656. The first-order chi connectivity index (χ1) is 11.1. The molecule has 1 heterocycles. The van der Waals surface area contributed by atoms with Gasteiger partial charge < -0.3 is 12.4 Å². The summed E-state index contributed by atoms with van der Waals surface area (Å²) in [6.07, 6.45) is 5.07. The largest absolute Gasteiger partial charge is 1.00 e. The lowest BCUT2D eigenvalue weighted by Crippen LogP contribution is -3.00. The molecule has 0 N–H and O–H groups in total. The van der Waals surface area contributed by atoms with E-state index in [2.05, 4.69) is 0 Å². The second kappa shape index (κ2) is 6.88. The number of halogens is 1. The molecular formula is C15H11ClN4O4. The van der Waals surface area contributed by atoms with Gasteiger partial charge in [0.1, 0.15) is 18.1 Å². The highest BCUT2D eigenvalue weighted by Crippen LogP contribution is 2.24. The predicted molar refractivity (Wildman–Crippen MR) is 80.6 cm³/mol. The number of nitro benzene ring substituents is 2. The Labute approximate surface area is 142 Å². The molecule has 0 atom stereocenters. The van der Waals surface area contributed by atoms with Gasteiger partial charge in [0, 0.05) is 6.07 Å². The molecule has 0 bridgehead atoms. The van der Waals surface area contributed by atoms with Crippen molar-refractivity contribution in [3.05, 3.63) is 87.5 Å². The number of benzene rings is 2. The number of hydrogen-bond acceptors (Lipinski definition) is 4. The number of para-hydroxylation sites is 1. The number of rotatable bonds is 4. The highest BCUT2D eigenvalue weighted by atomic mass is 35.5. The van der Waals surface area contributed by atoms with Gasteiger partial charge in [0.25, 0.3) is 12.0 Å². The molecule has 9 heteroatoms. The third kappa shape index (κ3) is 3.23. The molecule has 0 spiro atoms. The van der Waals surface area contributed by atoms with Crippen LogP contribution in [0, 0.1) is 20.2 Å². The number of nitro groups is 2. The topological polar surface area (TPSA) is 95.1 Å². The van der Waals surface area contributed by atoms with Crippen molar-refractivity contribution in [1.29, 1.82) is 0 Å². The Morgan fingerprint density at radius 2 is 1.67 bits per heavy atom. The van der Waals surface area contributed by atoms with E-state index in [0.29, 0.717) is 0 Å². The van der Waals surface area contributed by atoms with Crippen molar-refractivity contribution in [3.8, 4) is 11.4 Å². The summed E-state index contributed by atoms with van der Waals surface area (Å²) >= 11 is 0. The molecule has 0 saturated heterocycles. The zero-order valence-electron chi connectivity index (χ0n) is 12.2. The highest BCUT2D eigenvalue weighted by Gasteiger charge is 2.24. The van der Waals surface area contributed by atoms with Crippen molar-refractivity contribution in [2.45, 2.75) is 0 Å². The third-order valence-corrected chi connectivity index (χ3v) is 3.34. The number of non-ortho nitro benzene ring substituents is 1. The lowest BCUT2D eigenvalue weighted by Gasteiger charge is -1.99. The zero-order chi connectivity index (χ0) is 16.4. The van der Waals surface area contributed by atoms with Crippen LogP contribution in [-0.4, -0.2) is 14.4 Å². The van der Waals surface area contributed by atoms with E-state index in [1.54, 1.807) is 27.9 Å². The number of imidazole rings is 1. The van der Waals surface area contributed by atoms with Crippen LogP contribution in [0.3, 0.4) is 0 Å². The van der Waals surface area contributed by atoms with Gasteiger partial charge in [0.05, 0.1) is 15.9 Å². The fraction of sp³-hybridized carbons (Fsp3) is 0.